The maximum atomic E-state index is 11.8. The first kappa shape index (κ1) is 24.9. The molecule has 2 rings (SSSR count). The highest BCUT2D eigenvalue weighted by molar-refractivity contribution is 5.83. The Morgan fingerprint density at radius 3 is 2.39 bits per heavy atom. The van der Waals surface area contributed by atoms with Gasteiger partial charge in [-0.15, -0.1) is 0 Å². The van der Waals surface area contributed by atoms with Crippen LogP contribution in [0.3, 0.4) is 0 Å². The Kier molecular flexibility index (Phi) is 15.0. The van der Waals surface area contributed by atoms with E-state index in [9.17, 15) is 9.59 Å². The Bertz CT molecular complexity index is 397. The smallest absolute Gasteiger partial charge is 0.242 e. The summed E-state index contributed by atoms with van der Waals surface area (Å²) in [4.78, 5) is 24.1. The van der Waals surface area contributed by atoms with E-state index in [0.717, 1.165) is 51.0 Å². The van der Waals surface area contributed by atoms with Gasteiger partial charge in [-0.1, -0.05) is 77.6 Å². The van der Waals surface area contributed by atoms with Crippen molar-refractivity contribution in [3.8, 4) is 0 Å². The van der Waals surface area contributed by atoms with E-state index in [4.69, 9.17) is 5.73 Å². The fourth-order valence-electron chi connectivity index (χ4n) is 4.29. The van der Waals surface area contributed by atoms with E-state index >= 15 is 0 Å². The highest BCUT2D eigenvalue weighted by Crippen LogP contribution is 2.27. The maximum Gasteiger partial charge on any atom is 0.242 e. The quantitative estimate of drug-likeness (QED) is 0.380. The van der Waals surface area contributed by atoms with Crippen LogP contribution in [0.15, 0.2) is 0 Å². The third kappa shape index (κ3) is 11.0. The van der Waals surface area contributed by atoms with Gasteiger partial charge >= 0.3 is 0 Å². The summed E-state index contributed by atoms with van der Waals surface area (Å²) in [6.45, 7) is 4.48. The molecule has 1 saturated carbocycles. The number of unbranched alkanes of at least 4 members (excludes halogenated alkanes) is 5. The van der Waals surface area contributed by atoms with Gasteiger partial charge in [0.15, 0.2) is 0 Å². The highest BCUT2D eigenvalue weighted by atomic mass is 16.2. The second-order valence-corrected chi connectivity index (χ2v) is 8.49. The van der Waals surface area contributed by atoms with Crippen molar-refractivity contribution in [1.82, 2.24) is 10.2 Å². The average molecular weight is 396 g/mol. The minimum Gasteiger partial charge on any atom is -0.354 e. The van der Waals surface area contributed by atoms with Crippen molar-refractivity contribution in [2.24, 2.45) is 11.7 Å². The molecule has 28 heavy (non-hydrogen) atoms. The molecule has 1 heterocycles. The number of likely N-dealkylation sites (tertiary alicyclic amines) is 1. The second-order valence-electron chi connectivity index (χ2n) is 8.49. The topological polar surface area (TPSA) is 75.4 Å². The Hall–Kier alpha value is -1.10. The molecule has 5 nitrogen and oxygen atoms in total. The molecule has 0 spiro atoms. The number of carbonyl (C=O) groups excluding carboxylic acids is 2. The van der Waals surface area contributed by atoms with Gasteiger partial charge in [0, 0.05) is 13.1 Å². The molecule has 0 aromatic carbocycles. The minimum atomic E-state index is -0.236. The molecule has 1 unspecified atom stereocenters. The van der Waals surface area contributed by atoms with Crippen LogP contribution in [0, 0.1) is 5.92 Å². The van der Waals surface area contributed by atoms with E-state index in [1.54, 1.807) is 4.90 Å². The standard InChI is InChI=1S/C13H25N3O2.C10H20/c14-8-4-2-1-3-5-9-15-13(18)12-7-6-10-16(12)11-17;1-2-3-7-10-8-5-4-6-9-10/h11-12H,1-10,14H2,(H,15,18);10H,2-9H2,1H3. The van der Waals surface area contributed by atoms with Crippen LogP contribution in [0.4, 0.5) is 0 Å². The molecule has 0 radical (unpaired) electrons. The molecule has 1 atom stereocenters. The van der Waals surface area contributed by atoms with Gasteiger partial charge in [-0.05, 0) is 38.1 Å². The van der Waals surface area contributed by atoms with Crippen molar-refractivity contribution in [2.45, 2.75) is 109 Å². The van der Waals surface area contributed by atoms with Crippen LogP contribution < -0.4 is 11.1 Å². The van der Waals surface area contributed by atoms with Gasteiger partial charge in [-0.3, -0.25) is 9.59 Å². The van der Waals surface area contributed by atoms with Gasteiger partial charge < -0.3 is 16.0 Å². The Balaban J connectivity index is 0.000000330. The van der Waals surface area contributed by atoms with Gasteiger partial charge in [-0.25, -0.2) is 0 Å². The van der Waals surface area contributed by atoms with Gasteiger partial charge in [0.25, 0.3) is 0 Å². The largest absolute Gasteiger partial charge is 0.354 e. The van der Waals surface area contributed by atoms with Crippen LogP contribution in [-0.4, -0.2) is 42.9 Å². The van der Waals surface area contributed by atoms with Gasteiger partial charge in [-0.2, -0.15) is 0 Å². The molecule has 0 aromatic rings. The Labute approximate surface area is 173 Å². The summed E-state index contributed by atoms with van der Waals surface area (Å²) in [5.41, 5.74) is 5.42. The molecule has 1 saturated heterocycles. The Morgan fingerprint density at radius 1 is 1.00 bits per heavy atom. The lowest BCUT2D eigenvalue weighted by Crippen LogP contribution is -2.42. The molecule has 164 valence electrons. The molecule has 5 heteroatoms. The average Bonchev–Trinajstić information content (AvgIpc) is 3.22. The van der Waals surface area contributed by atoms with Crippen molar-refractivity contribution >= 4 is 12.3 Å². The molecule has 2 fully saturated rings. The monoisotopic (exact) mass is 395 g/mol. The number of hydrogen-bond acceptors (Lipinski definition) is 3. The lowest BCUT2D eigenvalue weighted by molar-refractivity contribution is -0.131. The summed E-state index contributed by atoms with van der Waals surface area (Å²) in [5, 5.41) is 2.92. The number of amides is 2. The molecule has 2 amide bonds. The van der Waals surface area contributed by atoms with E-state index < -0.39 is 0 Å². The third-order valence-electron chi connectivity index (χ3n) is 6.10. The molecular weight excluding hydrogens is 350 g/mol. The van der Waals surface area contributed by atoms with Crippen LogP contribution in [-0.2, 0) is 9.59 Å². The summed E-state index contributed by atoms with van der Waals surface area (Å²) in [6, 6.07) is -0.236. The van der Waals surface area contributed by atoms with Crippen LogP contribution in [0.1, 0.15) is 103 Å². The number of nitrogens with two attached hydrogens (primary N) is 1. The number of nitrogens with zero attached hydrogens (tertiary/aromatic N) is 1. The fourth-order valence-corrected chi connectivity index (χ4v) is 4.29. The van der Waals surface area contributed by atoms with Gasteiger partial charge in [0.05, 0.1) is 0 Å². The molecule has 2 aliphatic rings. The van der Waals surface area contributed by atoms with E-state index in [2.05, 4.69) is 12.2 Å². The van der Waals surface area contributed by atoms with Crippen LogP contribution in [0.5, 0.6) is 0 Å². The second kappa shape index (κ2) is 16.8. The molecule has 1 aliphatic heterocycles. The number of rotatable bonds is 12. The normalized spacial score (nSPS) is 19.8. The first-order valence-corrected chi connectivity index (χ1v) is 11.9. The number of hydrogen-bond donors (Lipinski definition) is 2. The zero-order valence-corrected chi connectivity index (χ0v) is 18.3. The minimum absolute atomic E-state index is 0.00144. The Morgan fingerprint density at radius 2 is 1.71 bits per heavy atom. The van der Waals surface area contributed by atoms with Crippen molar-refractivity contribution in [3.05, 3.63) is 0 Å². The SMILES string of the molecule is CCCCC1CCCCC1.NCCCCCCCNC(=O)C1CCCN1C=O. The van der Waals surface area contributed by atoms with Crippen LogP contribution in [0.2, 0.25) is 0 Å². The number of carbonyl (C=O) groups is 2. The molecule has 0 aromatic heterocycles. The summed E-state index contributed by atoms with van der Waals surface area (Å²) < 4.78 is 0. The molecular formula is C23H45N3O2. The maximum absolute atomic E-state index is 11.8. The summed E-state index contributed by atoms with van der Waals surface area (Å²) >= 11 is 0. The summed E-state index contributed by atoms with van der Waals surface area (Å²) in [5.74, 6) is 1.11. The fraction of sp³-hybridized carbons (Fsp3) is 0.913. The van der Waals surface area contributed by atoms with Gasteiger partial charge in [0.2, 0.25) is 12.3 Å². The lowest BCUT2D eigenvalue weighted by atomic mass is 9.86. The highest BCUT2D eigenvalue weighted by Gasteiger charge is 2.28. The van der Waals surface area contributed by atoms with Gasteiger partial charge in [0.1, 0.15) is 6.04 Å². The molecule has 3 N–H and O–H groups in total. The first-order chi connectivity index (χ1) is 13.7. The van der Waals surface area contributed by atoms with E-state index in [-0.39, 0.29) is 11.9 Å². The summed E-state index contributed by atoms with van der Waals surface area (Å²) in [6.07, 6.45) is 20.0. The number of nitrogens with one attached hydrogen (secondary N) is 1. The van der Waals surface area contributed by atoms with Crippen molar-refractivity contribution in [2.75, 3.05) is 19.6 Å². The molecule has 0 bridgehead atoms. The van der Waals surface area contributed by atoms with Crippen molar-refractivity contribution in [1.29, 1.82) is 0 Å². The van der Waals surface area contributed by atoms with E-state index in [1.165, 1.54) is 64.2 Å². The molecule has 1 aliphatic carbocycles. The zero-order valence-electron chi connectivity index (χ0n) is 18.3. The van der Waals surface area contributed by atoms with Crippen molar-refractivity contribution < 1.29 is 9.59 Å². The third-order valence-corrected chi connectivity index (χ3v) is 6.10. The van der Waals surface area contributed by atoms with Crippen molar-refractivity contribution in [3.63, 3.8) is 0 Å². The van der Waals surface area contributed by atoms with Crippen LogP contribution >= 0.6 is 0 Å². The summed E-state index contributed by atoms with van der Waals surface area (Å²) in [7, 11) is 0. The lowest BCUT2D eigenvalue weighted by Gasteiger charge is -2.20. The van der Waals surface area contributed by atoms with Crippen LogP contribution in [0.25, 0.3) is 0 Å². The zero-order chi connectivity index (χ0) is 20.5. The first-order valence-electron chi connectivity index (χ1n) is 11.9. The van der Waals surface area contributed by atoms with E-state index in [0.29, 0.717) is 13.1 Å². The predicted molar refractivity (Wildman–Crippen MR) is 117 cm³/mol. The van der Waals surface area contributed by atoms with E-state index in [1.807, 2.05) is 0 Å². The predicted octanol–water partition coefficient (Wildman–Crippen LogP) is 4.39.